The van der Waals surface area contributed by atoms with Gasteiger partial charge in [-0.3, -0.25) is 9.59 Å². The maximum absolute atomic E-state index is 12.9. The number of aliphatic hydroxyl groups excluding tert-OH is 4. The summed E-state index contributed by atoms with van der Waals surface area (Å²) in [4.78, 5) is 25.8. The molecular formula is C25H44O11. The Bertz CT molecular complexity index is 758. The molecule has 0 aromatic rings. The summed E-state index contributed by atoms with van der Waals surface area (Å²) >= 11 is 0. The molecule has 0 amide bonds. The molecule has 0 radical (unpaired) electrons. The number of hydrogen-bond donors (Lipinski definition) is 5. The Kier molecular flexibility index (Phi) is 10.5. The lowest BCUT2D eigenvalue weighted by Crippen LogP contribution is -2.56. The van der Waals surface area contributed by atoms with Crippen LogP contribution in [0.1, 0.15) is 54.4 Å². The van der Waals surface area contributed by atoms with E-state index in [1.165, 1.54) is 27.9 Å². The van der Waals surface area contributed by atoms with Crippen LogP contribution in [0.4, 0.5) is 0 Å². The highest BCUT2D eigenvalue weighted by molar-refractivity contribution is 5.83. The number of Topliss-reactive ketones (excluding diaryl/α,β-unsaturated/α-hetero) is 1. The number of ether oxygens (including phenoxy) is 4. The minimum atomic E-state index is -1.75. The minimum absolute atomic E-state index is 0.0723. The second-order valence-electron chi connectivity index (χ2n) is 11.0. The molecule has 2 saturated heterocycles. The number of rotatable bonds is 3. The van der Waals surface area contributed by atoms with Crippen molar-refractivity contribution in [3.05, 3.63) is 0 Å². The first-order valence-corrected chi connectivity index (χ1v) is 12.5. The number of aliphatic hydroxyl groups is 5. The van der Waals surface area contributed by atoms with E-state index in [0.29, 0.717) is 0 Å². The van der Waals surface area contributed by atoms with Gasteiger partial charge in [0.25, 0.3) is 0 Å². The lowest BCUT2D eigenvalue weighted by Gasteiger charge is -2.44. The third-order valence-corrected chi connectivity index (χ3v) is 7.97. The van der Waals surface area contributed by atoms with Gasteiger partial charge in [-0.25, -0.2) is 0 Å². The number of esters is 1. The highest BCUT2D eigenvalue weighted by Gasteiger charge is 2.47. The van der Waals surface area contributed by atoms with E-state index < -0.39 is 90.0 Å². The lowest BCUT2D eigenvalue weighted by atomic mass is 9.76. The van der Waals surface area contributed by atoms with Crippen LogP contribution < -0.4 is 0 Å². The number of methoxy groups -OCH3 is 1. The molecule has 36 heavy (non-hydrogen) atoms. The molecule has 2 heterocycles. The maximum Gasteiger partial charge on any atom is 0.311 e. The molecule has 0 saturated carbocycles. The molecule has 5 N–H and O–H groups in total. The number of hydrogen-bond acceptors (Lipinski definition) is 11. The van der Waals surface area contributed by atoms with Gasteiger partial charge in [0.05, 0.1) is 42.0 Å². The van der Waals surface area contributed by atoms with E-state index in [0.717, 1.165) is 0 Å². The van der Waals surface area contributed by atoms with Crippen LogP contribution in [0, 0.1) is 23.7 Å². The highest BCUT2D eigenvalue weighted by atomic mass is 16.7. The summed E-state index contributed by atoms with van der Waals surface area (Å²) in [6, 6.07) is 0. The summed E-state index contributed by atoms with van der Waals surface area (Å²) in [6.45, 7) is 8.67. The van der Waals surface area contributed by atoms with Gasteiger partial charge in [0, 0.05) is 31.3 Å². The molecule has 0 bridgehead atoms. The second kappa shape index (κ2) is 12.1. The van der Waals surface area contributed by atoms with Crippen molar-refractivity contribution < 1.29 is 54.1 Å². The Morgan fingerprint density at radius 2 is 1.56 bits per heavy atom. The topological polar surface area (TPSA) is 172 Å². The molecular weight excluding hydrogens is 476 g/mol. The number of carbonyl (C=O) groups is 2. The predicted octanol–water partition coefficient (Wildman–Crippen LogP) is -0.222. The van der Waals surface area contributed by atoms with Crippen molar-refractivity contribution in [3.63, 3.8) is 0 Å². The number of cyclic esters (lactones) is 1. The average Bonchev–Trinajstić information content (AvgIpc) is 2.83. The van der Waals surface area contributed by atoms with Gasteiger partial charge in [-0.15, -0.1) is 0 Å². The van der Waals surface area contributed by atoms with Crippen LogP contribution in [-0.2, 0) is 28.5 Å². The Labute approximate surface area is 212 Å². The fourth-order valence-corrected chi connectivity index (χ4v) is 5.15. The van der Waals surface area contributed by atoms with E-state index in [-0.39, 0.29) is 19.4 Å². The Hall–Kier alpha value is -1.18. The zero-order chi connectivity index (χ0) is 27.6. The van der Waals surface area contributed by atoms with Gasteiger partial charge in [0.2, 0.25) is 0 Å². The SMILES string of the molecule is CO[C@]1(C)C[C@H](O[C@H]2[C@H](C)[C@@H](O)[C@](C)(O)C[C@@H](C)C(=O)[C@H](C)[C@@H](O)[C@H](O)COC(=O)[C@@H]2C)OC[C@@H]1O. The highest BCUT2D eigenvalue weighted by Crippen LogP contribution is 2.35. The molecule has 2 aliphatic rings. The first kappa shape index (κ1) is 31.0. The Balaban J connectivity index is 2.39. The van der Waals surface area contributed by atoms with Crippen LogP contribution in [0.25, 0.3) is 0 Å². The molecule has 210 valence electrons. The smallest absolute Gasteiger partial charge is 0.311 e. The van der Waals surface area contributed by atoms with E-state index in [9.17, 15) is 35.1 Å². The molecule has 2 aliphatic heterocycles. The normalized spacial score (nSPS) is 48.2. The molecule has 2 fully saturated rings. The number of carbonyl (C=O) groups excluding carboxylic acids is 2. The van der Waals surface area contributed by atoms with Crippen molar-refractivity contribution in [2.24, 2.45) is 23.7 Å². The molecule has 11 nitrogen and oxygen atoms in total. The van der Waals surface area contributed by atoms with Gasteiger partial charge in [-0.2, -0.15) is 0 Å². The third kappa shape index (κ3) is 6.82. The van der Waals surface area contributed by atoms with Gasteiger partial charge in [-0.05, 0) is 27.2 Å². The zero-order valence-electron chi connectivity index (χ0n) is 22.3. The zero-order valence-corrected chi connectivity index (χ0v) is 22.3. The maximum atomic E-state index is 12.9. The van der Waals surface area contributed by atoms with Gasteiger partial charge in [-0.1, -0.05) is 20.8 Å². The van der Waals surface area contributed by atoms with Crippen molar-refractivity contribution in [3.8, 4) is 0 Å². The molecule has 0 aliphatic carbocycles. The quantitative estimate of drug-likeness (QED) is 0.311. The van der Waals surface area contributed by atoms with Crippen LogP contribution in [-0.4, -0.2) is 106 Å². The van der Waals surface area contributed by atoms with Gasteiger partial charge >= 0.3 is 5.97 Å². The summed E-state index contributed by atoms with van der Waals surface area (Å²) < 4.78 is 22.5. The van der Waals surface area contributed by atoms with Gasteiger partial charge in [0.15, 0.2) is 6.29 Å². The monoisotopic (exact) mass is 520 g/mol. The van der Waals surface area contributed by atoms with E-state index in [4.69, 9.17) is 18.9 Å². The van der Waals surface area contributed by atoms with Crippen molar-refractivity contribution in [1.29, 1.82) is 0 Å². The fraction of sp³-hybridized carbons (Fsp3) is 0.920. The molecule has 12 atom stereocenters. The van der Waals surface area contributed by atoms with Gasteiger partial charge < -0.3 is 44.5 Å². The second-order valence-corrected chi connectivity index (χ2v) is 11.0. The predicted molar refractivity (Wildman–Crippen MR) is 127 cm³/mol. The minimum Gasteiger partial charge on any atom is -0.463 e. The molecule has 2 rings (SSSR count). The van der Waals surface area contributed by atoms with Crippen molar-refractivity contribution in [2.75, 3.05) is 20.3 Å². The lowest BCUT2D eigenvalue weighted by molar-refractivity contribution is -0.278. The standard InChI is InChI=1S/C25H44O11/c1-12-8-24(5,32)22(30)14(3)21(36-18-9-25(6,33-7)17(27)11-34-18)15(4)23(31)35-10-16(26)20(29)13(2)19(12)28/h12-18,20-22,26-27,29-30,32H,8-11H2,1-7H3/t12-,13+,14+,15-,16-,17+,18+,20-,21+,22-,24-,25-/m1/s1. The van der Waals surface area contributed by atoms with Crippen LogP contribution in [0.5, 0.6) is 0 Å². The third-order valence-electron chi connectivity index (χ3n) is 7.97. The van der Waals surface area contributed by atoms with Crippen LogP contribution >= 0.6 is 0 Å². The summed E-state index contributed by atoms with van der Waals surface area (Å²) in [7, 11) is 1.46. The molecule has 0 spiro atoms. The Morgan fingerprint density at radius 1 is 0.944 bits per heavy atom. The van der Waals surface area contributed by atoms with E-state index in [2.05, 4.69) is 0 Å². The van der Waals surface area contributed by atoms with E-state index in [1.54, 1.807) is 20.8 Å². The van der Waals surface area contributed by atoms with E-state index >= 15 is 0 Å². The molecule has 0 aromatic heterocycles. The van der Waals surface area contributed by atoms with Crippen molar-refractivity contribution >= 4 is 11.8 Å². The van der Waals surface area contributed by atoms with Gasteiger partial charge in [0.1, 0.15) is 24.6 Å². The average molecular weight is 521 g/mol. The van der Waals surface area contributed by atoms with E-state index in [1.807, 2.05) is 0 Å². The van der Waals surface area contributed by atoms with Crippen LogP contribution in [0.15, 0.2) is 0 Å². The molecule has 0 unspecified atom stereocenters. The molecule has 0 aromatic carbocycles. The first-order valence-electron chi connectivity index (χ1n) is 12.5. The first-order chi connectivity index (χ1) is 16.6. The largest absolute Gasteiger partial charge is 0.463 e. The Morgan fingerprint density at radius 3 is 2.14 bits per heavy atom. The van der Waals surface area contributed by atoms with Crippen LogP contribution in [0.3, 0.4) is 0 Å². The summed E-state index contributed by atoms with van der Waals surface area (Å²) in [5.74, 6) is -4.70. The summed E-state index contributed by atoms with van der Waals surface area (Å²) in [6.07, 6.45) is -7.19. The summed E-state index contributed by atoms with van der Waals surface area (Å²) in [5.41, 5.74) is -2.72. The van der Waals surface area contributed by atoms with Crippen LogP contribution in [0.2, 0.25) is 0 Å². The van der Waals surface area contributed by atoms with Crippen molar-refractivity contribution in [1.82, 2.24) is 0 Å². The molecule has 11 heteroatoms. The summed E-state index contributed by atoms with van der Waals surface area (Å²) in [5, 5.41) is 53.4. The fourth-order valence-electron chi connectivity index (χ4n) is 5.15. The number of ketones is 1. The van der Waals surface area contributed by atoms with Crippen molar-refractivity contribution in [2.45, 2.75) is 102 Å².